The largest absolute Gasteiger partial charge is 0.394 e. The topological polar surface area (TPSA) is 418 Å². The zero-order valence-corrected chi connectivity index (χ0v) is 50.2. The van der Waals surface area contributed by atoms with E-state index >= 15 is 0 Å². The lowest BCUT2D eigenvalue weighted by Crippen LogP contribution is -2.65. The lowest BCUT2D eigenvalue weighted by atomic mass is 9.96. The molecule has 0 aromatic heterocycles. The quantitative estimate of drug-likeness (QED) is 0.0277. The van der Waals surface area contributed by atoms with Crippen LogP contribution in [0.4, 0.5) is 0 Å². The Labute approximate surface area is 476 Å². The van der Waals surface area contributed by atoms with Crippen LogP contribution in [0.25, 0.3) is 0 Å². The van der Waals surface area contributed by atoms with E-state index in [2.05, 4.69) is 47.5 Å². The van der Waals surface area contributed by atoms with Crippen molar-refractivity contribution < 1.29 is 62.6 Å². The van der Waals surface area contributed by atoms with E-state index in [0.717, 1.165) is 0 Å². The van der Waals surface area contributed by atoms with Gasteiger partial charge in [-0.25, -0.2) is 0 Å². The zero-order valence-electron chi connectivity index (χ0n) is 50.2. The lowest BCUT2D eigenvalue weighted by molar-refractivity contribution is -0.146. The molecule has 2 saturated heterocycles. The molecule has 0 aromatic carbocycles. The predicted molar refractivity (Wildman–Crippen MR) is 300 cm³/mol. The summed E-state index contributed by atoms with van der Waals surface area (Å²) < 4.78 is 0. The fraction of sp³-hybridized carbons (Fsp3) is 0.759. The molecule has 2 aliphatic heterocycles. The summed E-state index contributed by atoms with van der Waals surface area (Å²) in [6, 6.07) is -7.75. The molecule has 2 heterocycles. The van der Waals surface area contributed by atoms with Crippen LogP contribution < -0.4 is 59.7 Å². The van der Waals surface area contributed by atoms with E-state index in [1.807, 2.05) is 27.7 Å². The smallest absolute Gasteiger partial charge is 0.248 e. The monoisotopic (exact) mass is 1150 g/mol. The number of nitrogens with zero attached hydrogens (tertiary/aromatic N) is 3. The molecule has 0 bridgehead atoms. The number of aliphatic imine (C=N–C) groups is 1. The molecule has 0 radical (unpaired) electrons. The molecule has 8 atom stereocenters. The average Bonchev–Trinajstić information content (AvgIpc) is 4.04. The van der Waals surface area contributed by atoms with Gasteiger partial charge in [-0.1, -0.05) is 48.0 Å². The van der Waals surface area contributed by atoms with E-state index in [1.54, 1.807) is 13.8 Å². The molecule has 81 heavy (non-hydrogen) atoms. The van der Waals surface area contributed by atoms with Crippen molar-refractivity contribution in [1.29, 1.82) is 0 Å². The fourth-order valence-electron chi connectivity index (χ4n) is 9.40. The molecular weight excluding hydrogens is 1050 g/mol. The highest BCUT2D eigenvalue weighted by Gasteiger charge is 2.46. The minimum absolute atomic E-state index is 0.0196. The van der Waals surface area contributed by atoms with Gasteiger partial charge >= 0.3 is 0 Å². The highest BCUT2D eigenvalue weighted by atomic mass is 16.3. The maximum Gasteiger partial charge on any atom is 0.248 e. The van der Waals surface area contributed by atoms with Gasteiger partial charge in [0.2, 0.25) is 70.9 Å². The van der Waals surface area contributed by atoms with Crippen molar-refractivity contribution in [2.24, 2.45) is 39.9 Å². The molecule has 2 rings (SSSR count). The van der Waals surface area contributed by atoms with Crippen LogP contribution in [0.1, 0.15) is 162 Å². The van der Waals surface area contributed by atoms with Crippen LogP contribution in [0.5, 0.6) is 0 Å². The third kappa shape index (κ3) is 20.8. The highest BCUT2D eigenvalue weighted by molar-refractivity contribution is 6.02. The highest BCUT2D eigenvalue weighted by Crippen LogP contribution is 2.25. The maximum absolute atomic E-state index is 14.4. The number of nitrogens with two attached hydrogens (primary N) is 3. The molecule has 0 aliphatic carbocycles. The Morgan fingerprint density at radius 1 is 0.568 bits per heavy atom. The summed E-state index contributed by atoms with van der Waals surface area (Å²) in [7, 11) is 0. The molecular formula is C54H94N14O13. The Morgan fingerprint density at radius 3 is 1.48 bits per heavy atom. The van der Waals surface area contributed by atoms with Crippen LogP contribution in [0.2, 0.25) is 0 Å². The van der Waals surface area contributed by atoms with E-state index in [0.29, 0.717) is 25.7 Å². The third-order valence-corrected chi connectivity index (χ3v) is 14.3. The van der Waals surface area contributed by atoms with Crippen molar-refractivity contribution in [2.75, 3.05) is 19.7 Å². The summed E-state index contributed by atoms with van der Waals surface area (Å²) >= 11 is 0. The van der Waals surface area contributed by atoms with Crippen LogP contribution in [0.3, 0.4) is 0 Å². The SMILES string of the molecule is CCC(C)C(CO)NC(=O)C1CCCN1C(=O)C(CC(C)C)N=C(N)C(CC(N)=O)NC(=O)C(C)(C)NC(=O)C1CCCN1C(=O)C(C)(C)NC(=O)C(CC(C)C)NC(=O)C(C)(C)NC(=O)C(CC(N)=O)NC(=O)C(C)(C)NC(C)=O. The number of hydrogen-bond donors (Lipinski definition) is 12. The van der Waals surface area contributed by atoms with Gasteiger partial charge in [0, 0.05) is 20.0 Å². The molecule has 12 amide bonds. The van der Waals surface area contributed by atoms with E-state index in [1.165, 1.54) is 72.1 Å². The summed E-state index contributed by atoms with van der Waals surface area (Å²) in [5.41, 5.74) is 10.8. The number of aliphatic hydroxyl groups is 1. The summed E-state index contributed by atoms with van der Waals surface area (Å²) in [5, 5.41) is 30.8. The Morgan fingerprint density at radius 2 is 1.00 bits per heavy atom. The van der Waals surface area contributed by atoms with Crippen molar-refractivity contribution >= 4 is 76.7 Å². The number of nitrogens with one attached hydrogen (secondary N) is 8. The molecule has 2 fully saturated rings. The third-order valence-electron chi connectivity index (χ3n) is 14.3. The molecule has 0 saturated carbocycles. The van der Waals surface area contributed by atoms with E-state index in [9.17, 15) is 62.6 Å². The van der Waals surface area contributed by atoms with Crippen LogP contribution >= 0.6 is 0 Å². The summed E-state index contributed by atoms with van der Waals surface area (Å²) in [6.07, 6.45) is 1.24. The van der Waals surface area contributed by atoms with Crippen molar-refractivity contribution in [2.45, 2.75) is 226 Å². The second-order valence-corrected chi connectivity index (χ2v) is 24.4. The van der Waals surface area contributed by atoms with Crippen molar-refractivity contribution in [1.82, 2.24) is 52.3 Å². The van der Waals surface area contributed by atoms with Crippen LogP contribution in [-0.4, -0.2) is 176 Å². The number of aliphatic hydroxyl groups excluding tert-OH is 1. The van der Waals surface area contributed by atoms with Gasteiger partial charge in [-0.05, 0) is 112 Å². The standard InChI is InChI=1S/C54H94N14O13/c1-16-30(6)36(27-69)59-44(75)37-19-17-21-67(37)46(77)35(24-29(4)5)58-41(57)32(25-39(55)71)60-48(79)53(12,13)66-45(76)38-20-18-22-68(38)50(81)54(14,15)65-42(73)33(23-28(2)3)61-49(80)52(10,11)64-43(74)34(26-40(56)72)62-47(78)51(8,9)63-31(7)70/h28-30,32-38,69H,16-27H2,1-15H3,(H2,55,71)(H2,56,72)(H2,57,58)(H,59,75)(H,60,79)(H,61,80)(H,62,78)(H,63,70)(H,64,74)(H,65,73)(H,66,76). The number of carbonyl (C=O) groups excluding carboxylic acids is 12. The second-order valence-electron chi connectivity index (χ2n) is 24.4. The summed E-state index contributed by atoms with van der Waals surface area (Å²) in [6.45, 7) is 23.4. The number of rotatable bonds is 30. The minimum Gasteiger partial charge on any atom is -0.394 e. The van der Waals surface area contributed by atoms with Gasteiger partial charge in [-0.2, -0.15) is 0 Å². The number of hydrogen-bond acceptors (Lipinski definition) is 14. The summed E-state index contributed by atoms with van der Waals surface area (Å²) in [4.78, 5) is 168. The number of carbonyl (C=O) groups is 12. The van der Waals surface area contributed by atoms with Crippen molar-refractivity contribution in [3.05, 3.63) is 0 Å². The Hall–Kier alpha value is -6.93. The van der Waals surface area contributed by atoms with Gasteiger partial charge in [0.05, 0.1) is 31.5 Å². The molecule has 0 spiro atoms. The number of primary amides is 2. The molecule has 0 aromatic rings. The maximum atomic E-state index is 14.4. The van der Waals surface area contributed by atoms with Crippen molar-refractivity contribution in [3.63, 3.8) is 0 Å². The molecule has 27 nitrogen and oxygen atoms in total. The molecule has 8 unspecified atom stereocenters. The minimum atomic E-state index is -1.77. The van der Waals surface area contributed by atoms with Crippen LogP contribution in [0, 0.1) is 17.8 Å². The van der Waals surface area contributed by atoms with Gasteiger partial charge in [-0.3, -0.25) is 62.5 Å². The lowest BCUT2D eigenvalue weighted by Gasteiger charge is -2.36. The molecule has 2 aliphatic rings. The van der Waals surface area contributed by atoms with Gasteiger partial charge in [0.1, 0.15) is 58.2 Å². The van der Waals surface area contributed by atoms with E-state index in [-0.39, 0.29) is 62.5 Å². The molecule has 27 heteroatoms. The molecule has 15 N–H and O–H groups in total. The first kappa shape index (κ1) is 70.2. The van der Waals surface area contributed by atoms with Crippen LogP contribution in [-0.2, 0) is 57.5 Å². The first-order valence-electron chi connectivity index (χ1n) is 27.8. The first-order valence-corrected chi connectivity index (χ1v) is 27.8. The van der Waals surface area contributed by atoms with E-state index < -0.39 is 148 Å². The van der Waals surface area contributed by atoms with Gasteiger partial charge < -0.3 is 74.6 Å². The fourth-order valence-corrected chi connectivity index (χ4v) is 9.40. The van der Waals surface area contributed by atoms with E-state index in [4.69, 9.17) is 17.2 Å². The predicted octanol–water partition coefficient (Wildman–Crippen LogP) is -1.89. The van der Waals surface area contributed by atoms with Crippen molar-refractivity contribution in [3.8, 4) is 0 Å². The van der Waals surface area contributed by atoms with Crippen LogP contribution in [0.15, 0.2) is 4.99 Å². The molecule has 458 valence electrons. The summed E-state index contributed by atoms with van der Waals surface area (Å²) in [5.74, 6) is -9.49. The average molecular weight is 1150 g/mol. The normalized spacial score (nSPS) is 18.3. The van der Waals surface area contributed by atoms with Gasteiger partial charge in [0.15, 0.2) is 0 Å². The first-order chi connectivity index (χ1) is 37.2. The van der Waals surface area contributed by atoms with Gasteiger partial charge in [0.25, 0.3) is 0 Å². The number of likely N-dealkylation sites (tertiary alicyclic amines) is 2. The number of amidine groups is 1. The number of amides is 12. The second kappa shape index (κ2) is 29.7. The Kier molecular flexibility index (Phi) is 25.7. The zero-order chi connectivity index (χ0) is 62.3. The van der Waals surface area contributed by atoms with Gasteiger partial charge in [-0.15, -0.1) is 0 Å². The Balaban J connectivity index is 2.29. The Bertz CT molecular complexity index is 2370.